The van der Waals surface area contributed by atoms with E-state index in [4.69, 9.17) is 0 Å². The molecule has 0 aliphatic rings. The highest BCUT2D eigenvalue weighted by atomic mass is 15.3. The molecule has 26 heavy (non-hydrogen) atoms. The van der Waals surface area contributed by atoms with E-state index in [1.807, 2.05) is 29.0 Å². The van der Waals surface area contributed by atoms with Gasteiger partial charge in [0.2, 0.25) is 0 Å². The van der Waals surface area contributed by atoms with Gasteiger partial charge < -0.3 is 0 Å². The fraction of sp³-hybridized carbons (Fsp3) is 0. The fourth-order valence-corrected chi connectivity index (χ4v) is 3.94. The summed E-state index contributed by atoms with van der Waals surface area (Å²) >= 11 is 0. The predicted molar refractivity (Wildman–Crippen MR) is 105 cm³/mol. The van der Waals surface area contributed by atoms with Gasteiger partial charge in [-0.2, -0.15) is 9.61 Å². The monoisotopic (exact) mass is 334 g/mol. The minimum Gasteiger partial charge on any atom is -0.290 e. The van der Waals surface area contributed by atoms with Crippen molar-refractivity contribution < 1.29 is 0 Å². The van der Waals surface area contributed by atoms with E-state index < -0.39 is 0 Å². The summed E-state index contributed by atoms with van der Waals surface area (Å²) in [6.45, 7) is 0. The molecule has 0 atom stereocenters. The lowest BCUT2D eigenvalue weighted by molar-refractivity contribution is 0.980. The van der Waals surface area contributed by atoms with Crippen molar-refractivity contribution in [2.75, 3.05) is 0 Å². The molecule has 0 fully saturated rings. The van der Waals surface area contributed by atoms with Gasteiger partial charge in [0.1, 0.15) is 5.65 Å². The van der Waals surface area contributed by atoms with Crippen molar-refractivity contribution >= 4 is 38.4 Å². The Morgan fingerprint density at radius 1 is 0.692 bits per heavy atom. The molecule has 0 amide bonds. The molecule has 0 bridgehead atoms. The normalized spacial score (nSPS) is 11.8. The van der Waals surface area contributed by atoms with Gasteiger partial charge in [-0.3, -0.25) is 4.57 Å². The molecule has 0 aliphatic heterocycles. The summed E-state index contributed by atoms with van der Waals surface area (Å²) in [6, 6.07) is 25.5. The number of hydrogen-bond acceptors (Lipinski definition) is 2. The average molecular weight is 334 g/mol. The van der Waals surface area contributed by atoms with Crippen LogP contribution in [0.25, 0.3) is 44.0 Å². The summed E-state index contributed by atoms with van der Waals surface area (Å²) in [6.07, 6.45) is 3.64. The smallest absolute Gasteiger partial charge is 0.180 e. The van der Waals surface area contributed by atoms with Gasteiger partial charge in [0.25, 0.3) is 0 Å². The lowest BCUT2D eigenvalue weighted by atomic mass is 10.0. The van der Waals surface area contributed by atoms with Crippen LogP contribution in [0, 0.1) is 0 Å². The van der Waals surface area contributed by atoms with Gasteiger partial charge in [0.15, 0.2) is 5.65 Å². The highest BCUT2D eigenvalue weighted by molar-refractivity contribution is 6.09. The first kappa shape index (κ1) is 13.6. The summed E-state index contributed by atoms with van der Waals surface area (Å²) in [5.41, 5.74) is 4.11. The topological polar surface area (TPSA) is 35.1 Å². The predicted octanol–water partition coefficient (Wildman–Crippen LogP) is 4.98. The highest BCUT2D eigenvalue weighted by Crippen LogP contribution is 2.35. The van der Waals surface area contributed by atoms with E-state index in [0.29, 0.717) is 0 Å². The first-order chi connectivity index (χ1) is 12.9. The first-order valence-electron chi connectivity index (χ1n) is 8.62. The molecule has 0 saturated heterocycles. The van der Waals surface area contributed by atoms with Crippen LogP contribution in [0.4, 0.5) is 0 Å². The summed E-state index contributed by atoms with van der Waals surface area (Å²) in [4.78, 5) is 4.57. The van der Waals surface area contributed by atoms with E-state index in [0.717, 1.165) is 16.8 Å². The molecule has 0 aliphatic carbocycles. The Morgan fingerprint density at radius 3 is 2.19 bits per heavy atom. The maximum Gasteiger partial charge on any atom is 0.180 e. The number of aromatic nitrogens is 4. The Hall–Kier alpha value is -3.66. The molecule has 4 heteroatoms. The molecule has 0 unspecified atom stereocenters. The van der Waals surface area contributed by atoms with Crippen molar-refractivity contribution in [1.29, 1.82) is 0 Å². The fourth-order valence-electron chi connectivity index (χ4n) is 3.94. The number of fused-ring (bicyclic) bond motifs is 5. The molecule has 3 aromatic heterocycles. The van der Waals surface area contributed by atoms with Gasteiger partial charge in [0.05, 0.1) is 17.4 Å². The number of nitrogens with zero attached hydrogens (tertiary/aromatic N) is 4. The van der Waals surface area contributed by atoms with E-state index in [2.05, 4.69) is 75.3 Å². The van der Waals surface area contributed by atoms with E-state index in [1.165, 1.54) is 27.2 Å². The third kappa shape index (κ3) is 1.68. The maximum atomic E-state index is 4.57. The second-order valence-corrected chi connectivity index (χ2v) is 6.45. The van der Waals surface area contributed by atoms with Crippen LogP contribution in [-0.2, 0) is 0 Å². The second kappa shape index (κ2) is 4.92. The molecule has 0 saturated carbocycles. The van der Waals surface area contributed by atoms with Crippen LogP contribution >= 0.6 is 0 Å². The minimum absolute atomic E-state index is 0.865. The number of pyridine rings is 1. The third-order valence-corrected chi connectivity index (χ3v) is 5.03. The number of rotatable bonds is 1. The van der Waals surface area contributed by atoms with Crippen LogP contribution in [0.15, 0.2) is 85.2 Å². The molecule has 6 rings (SSSR count). The molecule has 122 valence electrons. The van der Waals surface area contributed by atoms with E-state index in [-0.39, 0.29) is 0 Å². The van der Waals surface area contributed by atoms with Crippen LogP contribution in [0.5, 0.6) is 0 Å². The average Bonchev–Trinajstić information content (AvgIpc) is 3.27. The highest BCUT2D eigenvalue weighted by Gasteiger charge is 2.17. The summed E-state index contributed by atoms with van der Waals surface area (Å²) in [7, 11) is 0. The maximum absolute atomic E-state index is 4.57. The molecule has 0 spiro atoms. The molecule has 4 nitrogen and oxygen atoms in total. The van der Waals surface area contributed by atoms with Crippen LogP contribution < -0.4 is 0 Å². The van der Waals surface area contributed by atoms with Crippen LogP contribution in [0.2, 0.25) is 0 Å². The lowest BCUT2D eigenvalue weighted by Crippen LogP contribution is -1.97. The Morgan fingerprint density at radius 2 is 1.42 bits per heavy atom. The molecular weight excluding hydrogens is 320 g/mol. The Labute approximate surface area is 148 Å². The first-order valence-corrected chi connectivity index (χ1v) is 8.62. The van der Waals surface area contributed by atoms with Crippen LogP contribution in [0.3, 0.4) is 0 Å². The van der Waals surface area contributed by atoms with E-state index in [9.17, 15) is 0 Å². The number of imidazole rings is 1. The van der Waals surface area contributed by atoms with Gasteiger partial charge in [-0.25, -0.2) is 4.98 Å². The van der Waals surface area contributed by atoms with Gasteiger partial charge >= 0.3 is 0 Å². The van der Waals surface area contributed by atoms with Crippen molar-refractivity contribution in [1.82, 2.24) is 19.2 Å². The SMILES string of the molecule is c1ccc2c(-n3c4cccnc4n4nccc34)c3ccccc3cc2c1. The second-order valence-electron chi connectivity index (χ2n) is 6.45. The molecule has 6 aromatic rings. The quantitative estimate of drug-likeness (QED) is 0.398. The molecule has 0 radical (unpaired) electrons. The van der Waals surface area contributed by atoms with E-state index in [1.54, 1.807) is 0 Å². The minimum atomic E-state index is 0.865. The van der Waals surface area contributed by atoms with Crippen LogP contribution in [-0.4, -0.2) is 19.2 Å². The zero-order valence-electron chi connectivity index (χ0n) is 13.9. The standard InChI is InChI=1S/C22H14N4/c1-3-8-17-15(6-1)14-16-7-2-4-9-18(16)21(17)25-19-10-5-12-23-22(19)26-20(25)11-13-24-26/h1-14H. The van der Waals surface area contributed by atoms with Gasteiger partial charge in [-0.1, -0.05) is 48.5 Å². The zero-order valence-corrected chi connectivity index (χ0v) is 13.9. The van der Waals surface area contributed by atoms with Gasteiger partial charge in [-0.15, -0.1) is 0 Å². The Bertz CT molecular complexity index is 1380. The summed E-state index contributed by atoms with van der Waals surface area (Å²) in [5.74, 6) is 0. The number of benzene rings is 3. The number of hydrogen-bond donors (Lipinski definition) is 0. The van der Waals surface area contributed by atoms with Crippen molar-refractivity contribution in [2.24, 2.45) is 0 Å². The molecule has 3 aromatic carbocycles. The molecule has 0 N–H and O–H groups in total. The third-order valence-electron chi connectivity index (χ3n) is 5.03. The zero-order chi connectivity index (χ0) is 17.1. The van der Waals surface area contributed by atoms with Crippen LogP contribution in [0.1, 0.15) is 0 Å². The van der Waals surface area contributed by atoms with Crippen molar-refractivity contribution in [3.63, 3.8) is 0 Å². The Balaban J connectivity index is 1.93. The molecule has 3 heterocycles. The summed E-state index contributed by atoms with van der Waals surface area (Å²) in [5, 5.41) is 9.38. The van der Waals surface area contributed by atoms with Gasteiger partial charge in [-0.05, 0) is 29.0 Å². The Kier molecular flexibility index (Phi) is 2.58. The van der Waals surface area contributed by atoms with Crippen molar-refractivity contribution in [3.8, 4) is 5.69 Å². The molecular formula is C22H14N4. The van der Waals surface area contributed by atoms with Gasteiger partial charge in [0, 0.05) is 23.0 Å². The van der Waals surface area contributed by atoms with Crippen molar-refractivity contribution in [2.45, 2.75) is 0 Å². The lowest BCUT2D eigenvalue weighted by Gasteiger charge is -2.14. The summed E-state index contributed by atoms with van der Waals surface area (Å²) < 4.78 is 4.19. The van der Waals surface area contributed by atoms with Crippen molar-refractivity contribution in [3.05, 3.63) is 85.2 Å². The largest absolute Gasteiger partial charge is 0.290 e. The van der Waals surface area contributed by atoms with E-state index >= 15 is 0 Å².